The van der Waals surface area contributed by atoms with Crippen LogP contribution in [0.5, 0.6) is 0 Å². The van der Waals surface area contributed by atoms with Crippen molar-refractivity contribution in [1.29, 1.82) is 0 Å². The molecule has 2 amide bonds. The zero-order chi connectivity index (χ0) is 24.2. The molecule has 0 unspecified atom stereocenters. The van der Waals surface area contributed by atoms with E-state index in [0.29, 0.717) is 34.6 Å². The lowest BCUT2D eigenvalue weighted by Crippen LogP contribution is -2.53. The first-order chi connectivity index (χ1) is 16.2. The summed E-state index contributed by atoms with van der Waals surface area (Å²) in [4.78, 5) is 13.8. The van der Waals surface area contributed by atoms with Gasteiger partial charge < -0.3 is 4.74 Å². The number of amides is 2. The average Bonchev–Trinajstić information content (AvgIpc) is 3.12. The van der Waals surface area contributed by atoms with Crippen molar-refractivity contribution < 1.29 is 9.53 Å². The maximum Gasteiger partial charge on any atom is 0.332 e. The molecule has 2 aromatic carbocycles. The van der Waals surface area contributed by atoms with Crippen molar-refractivity contribution in [2.75, 3.05) is 23.1 Å². The third kappa shape index (κ3) is 3.87. The van der Waals surface area contributed by atoms with Crippen LogP contribution in [0.3, 0.4) is 0 Å². The van der Waals surface area contributed by atoms with E-state index >= 15 is 0 Å². The molecule has 34 heavy (non-hydrogen) atoms. The molecule has 1 N–H and O–H groups in total. The Hall–Kier alpha value is -1.93. The lowest BCUT2D eigenvalue weighted by Gasteiger charge is -2.48. The number of nitrogens with one attached hydrogen (secondary N) is 1. The number of carbonyl (C=O) groups excluding carboxylic acids is 1. The number of rotatable bonds is 3. The second-order valence-electron chi connectivity index (χ2n) is 8.54. The van der Waals surface area contributed by atoms with Crippen LogP contribution in [0.4, 0.5) is 16.3 Å². The third-order valence-electron chi connectivity index (χ3n) is 5.94. The van der Waals surface area contributed by atoms with E-state index in [-0.39, 0.29) is 18.2 Å². The second-order valence-corrected chi connectivity index (χ2v) is 13.4. The summed E-state index contributed by atoms with van der Waals surface area (Å²) in [7, 11) is 0. The molecule has 1 saturated heterocycles. The maximum absolute atomic E-state index is 13.8. The van der Waals surface area contributed by atoms with Crippen molar-refractivity contribution in [2.24, 2.45) is 0 Å². The van der Waals surface area contributed by atoms with Crippen LogP contribution >= 0.6 is 29.5 Å². The first-order valence-electron chi connectivity index (χ1n) is 10.9. The summed E-state index contributed by atoms with van der Waals surface area (Å²) in [5.41, 5.74) is 2.22. The van der Waals surface area contributed by atoms with Gasteiger partial charge in [-0.15, -0.1) is 0 Å². The summed E-state index contributed by atoms with van der Waals surface area (Å²) in [6, 6.07) is 14.6. The average molecular weight is 536 g/mol. The number of anilines is 2. The SMILES string of the molecule is Cc1nn(-c2ccccc2)c2c1[P@@](=S)(N1C[C@@H](C)O[C@@H](C)C1)N(c1ccc(Cl)c(Cl)c1)C(=O)N2. The Bertz CT molecular complexity index is 1310. The normalized spacial score (nSPS) is 25.2. The molecule has 0 bridgehead atoms. The Balaban J connectivity index is 1.76. The molecule has 3 atom stereocenters. The summed E-state index contributed by atoms with van der Waals surface area (Å²) < 4.78 is 11.7. The number of aromatic nitrogens is 2. The molecular weight excluding hydrogens is 512 g/mol. The molecule has 3 heterocycles. The molecule has 0 spiro atoms. The summed E-state index contributed by atoms with van der Waals surface area (Å²) in [5.74, 6) is 0.611. The van der Waals surface area contributed by atoms with Crippen LogP contribution in [0.15, 0.2) is 48.5 Å². The third-order valence-corrected chi connectivity index (χ3v) is 11.6. The standard InChI is InChI=1S/C23H24Cl2N5O2PS/c1-14-12-28(13-15(2)32-14)33(34)21-16(3)27-29(17-7-5-4-6-8-17)22(21)26-23(31)30(33)18-9-10-19(24)20(25)11-18/h4-11,14-15H,12-13H2,1-3H3,(H,26,31)/t14-,15+,33-/m1/s1. The van der Waals surface area contributed by atoms with Crippen LogP contribution < -0.4 is 15.3 Å². The zero-order valence-electron chi connectivity index (χ0n) is 18.9. The van der Waals surface area contributed by atoms with Gasteiger partial charge in [-0.05, 0) is 51.1 Å². The summed E-state index contributed by atoms with van der Waals surface area (Å²) in [6.45, 7) is 7.19. The number of urea groups is 1. The van der Waals surface area contributed by atoms with Gasteiger partial charge in [-0.1, -0.05) is 53.2 Å². The Kier molecular flexibility index (Phi) is 6.25. The lowest BCUT2D eigenvalue weighted by molar-refractivity contribution is -0.0431. The summed E-state index contributed by atoms with van der Waals surface area (Å²) >= 11 is 19.1. The first-order valence-corrected chi connectivity index (χ1v) is 14.4. The van der Waals surface area contributed by atoms with Gasteiger partial charge in [-0.25, -0.2) is 14.1 Å². The number of benzene rings is 2. The highest BCUT2D eigenvalue weighted by Crippen LogP contribution is 2.60. The van der Waals surface area contributed by atoms with Gasteiger partial charge in [0.1, 0.15) is 12.2 Å². The van der Waals surface area contributed by atoms with E-state index < -0.39 is 6.34 Å². The molecule has 2 aliphatic rings. The van der Waals surface area contributed by atoms with Crippen LogP contribution in [0.2, 0.25) is 10.0 Å². The topological polar surface area (TPSA) is 62.6 Å². The van der Waals surface area contributed by atoms with E-state index in [1.165, 1.54) is 0 Å². The molecule has 0 aliphatic carbocycles. The summed E-state index contributed by atoms with van der Waals surface area (Å²) in [5, 5.41) is 9.51. The quantitative estimate of drug-likeness (QED) is 0.443. The minimum atomic E-state index is -2.89. The minimum Gasteiger partial charge on any atom is -0.373 e. The fourth-order valence-corrected chi connectivity index (χ4v) is 9.76. The van der Waals surface area contributed by atoms with Gasteiger partial charge in [-0.3, -0.25) is 9.99 Å². The monoisotopic (exact) mass is 535 g/mol. The number of nitrogens with zero attached hydrogens (tertiary/aromatic N) is 4. The van der Waals surface area contributed by atoms with Gasteiger partial charge in [0, 0.05) is 13.1 Å². The minimum absolute atomic E-state index is 0.0304. The number of hydrogen-bond donors (Lipinski definition) is 1. The fraction of sp³-hybridized carbons (Fsp3) is 0.304. The Morgan fingerprint density at radius 1 is 1.06 bits per heavy atom. The molecule has 7 nitrogen and oxygen atoms in total. The van der Waals surface area contributed by atoms with Gasteiger partial charge in [-0.2, -0.15) is 5.10 Å². The lowest BCUT2D eigenvalue weighted by atomic mass is 10.3. The van der Waals surface area contributed by atoms with Crippen molar-refractivity contribution >= 4 is 64.2 Å². The van der Waals surface area contributed by atoms with E-state index in [0.717, 1.165) is 16.7 Å². The van der Waals surface area contributed by atoms with Crippen LogP contribution in [0, 0.1) is 6.92 Å². The van der Waals surface area contributed by atoms with Crippen molar-refractivity contribution in [3.63, 3.8) is 0 Å². The number of carbonyl (C=O) groups is 1. The molecule has 5 rings (SSSR count). The Morgan fingerprint density at radius 3 is 2.38 bits per heavy atom. The number of hydrogen-bond acceptors (Lipinski definition) is 4. The first kappa shape index (κ1) is 23.8. The molecule has 1 fully saturated rings. The molecule has 1 aromatic heterocycles. The van der Waals surface area contributed by atoms with Gasteiger partial charge >= 0.3 is 6.03 Å². The van der Waals surface area contributed by atoms with E-state index in [9.17, 15) is 4.79 Å². The molecule has 178 valence electrons. The molecule has 0 saturated carbocycles. The molecule has 2 aliphatic heterocycles. The predicted octanol–water partition coefficient (Wildman–Crippen LogP) is 5.58. The van der Waals surface area contributed by atoms with E-state index in [1.54, 1.807) is 27.6 Å². The molecule has 11 heteroatoms. The van der Waals surface area contributed by atoms with Crippen LogP contribution in [0.25, 0.3) is 5.69 Å². The number of ether oxygens (including phenoxy) is 1. The maximum atomic E-state index is 13.8. The Morgan fingerprint density at radius 2 is 1.74 bits per heavy atom. The van der Waals surface area contributed by atoms with Crippen molar-refractivity contribution in [2.45, 2.75) is 33.0 Å². The predicted molar refractivity (Wildman–Crippen MR) is 142 cm³/mol. The highest BCUT2D eigenvalue weighted by atomic mass is 35.5. The molecular formula is C23H24Cl2N5O2PS. The van der Waals surface area contributed by atoms with Gasteiger partial charge in [0.25, 0.3) is 0 Å². The number of para-hydroxylation sites is 1. The van der Waals surface area contributed by atoms with Crippen molar-refractivity contribution in [3.05, 3.63) is 64.3 Å². The molecule has 0 radical (unpaired) electrons. The van der Waals surface area contributed by atoms with Gasteiger partial charge in [0.15, 0.2) is 0 Å². The van der Waals surface area contributed by atoms with E-state index in [2.05, 4.69) is 9.99 Å². The largest absolute Gasteiger partial charge is 0.373 e. The van der Waals surface area contributed by atoms with Gasteiger partial charge in [0.05, 0.1) is 44.6 Å². The highest BCUT2D eigenvalue weighted by Gasteiger charge is 2.48. The van der Waals surface area contributed by atoms with E-state index in [4.69, 9.17) is 44.8 Å². The fourth-order valence-electron chi connectivity index (χ4n) is 4.64. The second kappa shape index (κ2) is 8.94. The Labute approximate surface area is 213 Å². The van der Waals surface area contributed by atoms with Gasteiger partial charge in [0.2, 0.25) is 0 Å². The summed E-state index contributed by atoms with van der Waals surface area (Å²) in [6.07, 6.45) is -2.95. The van der Waals surface area contributed by atoms with Crippen LogP contribution in [0.1, 0.15) is 19.5 Å². The number of aryl methyl sites for hydroxylation is 1. The van der Waals surface area contributed by atoms with Crippen molar-refractivity contribution in [3.8, 4) is 5.69 Å². The van der Waals surface area contributed by atoms with Crippen LogP contribution in [-0.2, 0) is 16.5 Å². The molecule has 3 aromatic rings. The van der Waals surface area contributed by atoms with E-state index in [1.807, 2.05) is 51.1 Å². The highest BCUT2D eigenvalue weighted by molar-refractivity contribution is 8.18. The zero-order valence-corrected chi connectivity index (χ0v) is 22.1. The smallest absolute Gasteiger partial charge is 0.332 e. The van der Waals surface area contributed by atoms with Crippen LogP contribution in [-0.4, -0.2) is 45.8 Å². The van der Waals surface area contributed by atoms with Crippen molar-refractivity contribution in [1.82, 2.24) is 14.5 Å². The number of morpholine rings is 1. The number of fused-ring (bicyclic) bond motifs is 1. The number of halogens is 2.